The lowest BCUT2D eigenvalue weighted by molar-refractivity contribution is 0.0763. The van der Waals surface area contributed by atoms with Crippen LogP contribution in [0.15, 0.2) is 71.9 Å². The molecule has 0 spiro atoms. The minimum absolute atomic E-state index is 0.101. The molecule has 2 heterocycles. The SMILES string of the molecule is CSc1ccccc1-c1cc(NCc2nc[nH]c2C)cc2c1CCCN(CCc1ccc(Cl)cc1)C2=O. The number of amides is 1. The van der Waals surface area contributed by atoms with E-state index in [4.69, 9.17) is 11.6 Å². The highest BCUT2D eigenvalue weighted by atomic mass is 35.5. The topological polar surface area (TPSA) is 61.0 Å². The summed E-state index contributed by atoms with van der Waals surface area (Å²) in [6.45, 7) is 4.04. The quantitative estimate of drug-likeness (QED) is 0.241. The first-order valence-corrected chi connectivity index (χ1v) is 14.2. The van der Waals surface area contributed by atoms with Crippen LogP contribution in [0.4, 0.5) is 5.69 Å². The van der Waals surface area contributed by atoms with Crippen molar-refractivity contribution in [3.63, 3.8) is 0 Å². The molecule has 190 valence electrons. The number of nitrogens with one attached hydrogen (secondary N) is 2. The molecule has 1 aromatic heterocycles. The number of carbonyl (C=O) groups is 1. The molecule has 5 rings (SSSR count). The Kier molecular flexibility index (Phi) is 7.87. The Hall–Kier alpha value is -3.22. The zero-order valence-electron chi connectivity index (χ0n) is 21.2. The fourth-order valence-corrected chi connectivity index (χ4v) is 5.68. The minimum atomic E-state index is 0.101. The number of benzene rings is 3. The highest BCUT2D eigenvalue weighted by molar-refractivity contribution is 7.98. The van der Waals surface area contributed by atoms with Crippen LogP contribution in [-0.2, 0) is 19.4 Å². The lowest BCUT2D eigenvalue weighted by Gasteiger charge is -2.22. The zero-order chi connectivity index (χ0) is 25.8. The van der Waals surface area contributed by atoms with Crippen molar-refractivity contribution >= 4 is 35.0 Å². The van der Waals surface area contributed by atoms with Gasteiger partial charge in [-0.1, -0.05) is 41.9 Å². The number of halogens is 1. The summed E-state index contributed by atoms with van der Waals surface area (Å²) >= 11 is 7.79. The number of H-pyrrole nitrogens is 1. The van der Waals surface area contributed by atoms with Crippen LogP contribution in [0.1, 0.15) is 39.3 Å². The molecule has 0 fully saturated rings. The molecule has 0 aliphatic carbocycles. The number of rotatable bonds is 8. The van der Waals surface area contributed by atoms with Crippen LogP contribution in [0.2, 0.25) is 5.02 Å². The Bertz CT molecular complexity index is 1400. The van der Waals surface area contributed by atoms with Crippen LogP contribution < -0.4 is 5.32 Å². The van der Waals surface area contributed by atoms with Crippen LogP contribution in [0, 0.1) is 6.92 Å². The van der Waals surface area contributed by atoms with Gasteiger partial charge in [-0.3, -0.25) is 4.79 Å². The smallest absolute Gasteiger partial charge is 0.254 e. The Morgan fingerprint density at radius 1 is 1.08 bits per heavy atom. The minimum Gasteiger partial charge on any atom is -0.379 e. The van der Waals surface area contributed by atoms with E-state index in [2.05, 4.69) is 51.9 Å². The number of thioether (sulfide) groups is 1. The van der Waals surface area contributed by atoms with E-state index in [1.54, 1.807) is 18.1 Å². The number of aromatic amines is 1. The number of imidazole rings is 1. The van der Waals surface area contributed by atoms with Gasteiger partial charge in [-0.25, -0.2) is 4.98 Å². The van der Waals surface area contributed by atoms with Gasteiger partial charge >= 0.3 is 0 Å². The van der Waals surface area contributed by atoms with Crippen molar-refractivity contribution in [2.45, 2.75) is 37.6 Å². The summed E-state index contributed by atoms with van der Waals surface area (Å²) in [5.74, 6) is 0.101. The fraction of sp³-hybridized carbons (Fsp3) is 0.267. The molecule has 0 atom stereocenters. The summed E-state index contributed by atoms with van der Waals surface area (Å²) in [5.41, 5.74) is 8.37. The molecule has 1 aliphatic heterocycles. The number of aryl methyl sites for hydroxylation is 1. The van der Waals surface area contributed by atoms with E-state index in [0.717, 1.165) is 64.6 Å². The van der Waals surface area contributed by atoms with E-state index in [1.165, 1.54) is 16.0 Å². The van der Waals surface area contributed by atoms with Crippen molar-refractivity contribution in [3.8, 4) is 11.1 Å². The van der Waals surface area contributed by atoms with E-state index in [1.807, 2.05) is 42.2 Å². The van der Waals surface area contributed by atoms with Crippen molar-refractivity contribution in [1.82, 2.24) is 14.9 Å². The van der Waals surface area contributed by atoms with Gasteiger partial charge in [0.25, 0.3) is 5.91 Å². The van der Waals surface area contributed by atoms with E-state index < -0.39 is 0 Å². The normalized spacial score (nSPS) is 13.4. The van der Waals surface area contributed by atoms with Gasteiger partial charge in [-0.2, -0.15) is 0 Å². The van der Waals surface area contributed by atoms with Crippen LogP contribution in [0.25, 0.3) is 11.1 Å². The van der Waals surface area contributed by atoms with Crippen LogP contribution >= 0.6 is 23.4 Å². The predicted octanol–water partition coefficient (Wildman–Crippen LogP) is 7.00. The second kappa shape index (κ2) is 11.4. The third-order valence-corrected chi connectivity index (χ3v) is 8.05. The molecule has 4 aromatic rings. The summed E-state index contributed by atoms with van der Waals surface area (Å²) in [4.78, 5) is 24.7. The van der Waals surface area contributed by atoms with Crippen LogP contribution in [0.5, 0.6) is 0 Å². The Labute approximate surface area is 227 Å². The van der Waals surface area contributed by atoms with E-state index in [-0.39, 0.29) is 5.91 Å². The summed E-state index contributed by atoms with van der Waals surface area (Å²) in [6.07, 6.45) is 6.42. The first-order valence-electron chi connectivity index (χ1n) is 12.6. The van der Waals surface area contributed by atoms with Crippen molar-refractivity contribution < 1.29 is 4.79 Å². The average Bonchev–Trinajstić information content (AvgIpc) is 3.27. The molecule has 0 radical (unpaired) electrons. The molecule has 2 N–H and O–H groups in total. The molecule has 0 unspecified atom stereocenters. The van der Waals surface area contributed by atoms with Gasteiger partial charge in [0.15, 0.2) is 0 Å². The van der Waals surface area contributed by atoms with Gasteiger partial charge in [0.1, 0.15) is 0 Å². The van der Waals surface area contributed by atoms with Crippen LogP contribution in [0.3, 0.4) is 0 Å². The van der Waals surface area contributed by atoms with Crippen molar-refractivity contribution in [3.05, 3.63) is 100 Å². The van der Waals surface area contributed by atoms with Gasteiger partial charge in [0, 0.05) is 40.0 Å². The Morgan fingerprint density at radius 3 is 2.62 bits per heavy atom. The first-order chi connectivity index (χ1) is 18.0. The molecule has 1 aliphatic rings. The highest BCUT2D eigenvalue weighted by Crippen LogP contribution is 2.38. The van der Waals surface area contributed by atoms with Crippen molar-refractivity contribution in [2.24, 2.45) is 0 Å². The fourth-order valence-electron chi connectivity index (χ4n) is 4.94. The summed E-state index contributed by atoms with van der Waals surface area (Å²) in [6, 6.07) is 20.6. The average molecular weight is 531 g/mol. The molecule has 5 nitrogen and oxygen atoms in total. The molecule has 0 saturated carbocycles. The molecular formula is C30H31ClN4OS. The van der Waals surface area contributed by atoms with Crippen LogP contribution in [-0.4, -0.2) is 40.1 Å². The number of hydrogen-bond acceptors (Lipinski definition) is 4. The van der Waals surface area contributed by atoms with Gasteiger partial charge in [-0.15, -0.1) is 11.8 Å². The molecule has 7 heteroatoms. The summed E-state index contributed by atoms with van der Waals surface area (Å²) < 4.78 is 0. The van der Waals surface area contributed by atoms with Gasteiger partial charge in [0.2, 0.25) is 0 Å². The maximum Gasteiger partial charge on any atom is 0.254 e. The molecule has 0 bridgehead atoms. The van der Waals surface area contributed by atoms with Gasteiger partial charge in [0.05, 0.1) is 18.6 Å². The number of hydrogen-bond donors (Lipinski definition) is 2. The molecule has 3 aromatic carbocycles. The highest BCUT2D eigenvalue weighted by Gasteiger charge is 2.26. The van der Waals surface area contributed by atoms with E-state index in [9.17, 15) is 4.79 Å². The number of carbonyl (C=O) groups excluding carboxylic acids is 1. The number of anilines is 1. The van der Waals surface area contributed by atoms with Gasteiger partial charge < -0.3 is 15.2 Å². The molecule has 37 heavy (non-hydrogen) atoms. The van der Waals surface area contributed by atoms with Gasteiger partial charge in [-0.05, 0) is 85.0 Å². The predicted molar refractivity (Wildman–Crippen MR) is 154 cm³/mol. The second-order valence-electron chi connectivity index (χ2n) is 9.35. The lowest BCUT2D eigenvalue weighted by Crippen LogP contribution is -2.33. The largest absolute Gasteiger partial charge is 0.379 e. The lowest BCUT2D eigenvalue weighted by atomic mass is 9.91. The molecular weight excluding hydrogens is 500 g/mol. The monoisotopic (exact) mass is 530 g/mol. The maximum absolute atomic E-state index is 13.9. The third kappa shape index (κ3) is 5.71. The number of fused-ring (bicyclic) bond motifs is 1. The van der Waals surface area contributed by atoms with Crippen molar-refractivity contribution in [2.75, 3.05) is 24.7 Å². The van der Waals surface area contributed by atoms with Crippen molar-refractivity contribution in [1.29, 1.82) is 0 Å². The summed E-state index contributed by atoms with van der Waals surface area (Å²) in [5, 5.41) is 4.26. The number of aromatic nitrogens is 2. The third-order valence-electron chi connectivity index (χ3n) is 7.00. The Morgan fingerprint density at radius 2 is 1.86 bits per heavy atom. The van der Waals surface area contributed by atoms with E-state index >= 15 is 0 Å². The maximum atomic E-state index is 13.9. The number of nitrogens with zero attached hydrogens (tertiary/aromatic N) is 2. The standard InChI is InChI=1S/C30H31ClN4OS/c1-20-28(34-19-33-20)18-32-23-16-26(25-6-3-4-8-29(25)37-2)24-7-5-14-35(30(36)27(24)17-23)15-13-21-9-11-22(31)12-10-21/h3-4,6,8-12,16-17,19,32H,5,7,13-15,18H2,1-2H3,(H,33,34). The molecule has 1 amide bonds. The second-order valence-corrected chi connectivity index (χ2v) is 10.6. The molecule has 0 saturated heterocycles. The summed E-state index contributed by atoms with van der Waals surface area (Å²) in [7, 11) is 0. The van der Waals surface area contributed by atoms with E-state index in [0.29, 0.717) is 13.1 Å². The zero-order valence-corrected chi connectivity index (χ0v) is 22.8. The Balaban J connectivity index is 1.50. The first kappa shape index (κ1) is 25.4.